The van der Waals surface area contributed by atoms with Crippen LogP contribution in [0.3, 0.4) is 0 Å². The summed E-state index contributed by atoms with van der Waals surface area (Å²) >= 11 is 0. The van der Waals surface area contributed by atoms with Crippen LogP contribution < -0.4 is 0 Å². The Morgan fingerprint density at radius 1 is 1.38 bits per heavy atom. The minimum atomic E-state index is -0.206. The number of hydrogen-bond donors (Lipinski definition) is 1. The SMILES string of the molecule is CCCC1C(C(C)C)=C(O)C(=O)N1CCCn1ccnc1. The molecule has 0 radical (unpaired) electrons. The quantitative estimate of drug-likeness (QED) is 0.840. The smallest absolute Gasteiger partial charge is 0.289 e. The van der Waals surface area contributed by atoms with Crippen molar-refractivity contribution in [1.82, 2.24) is 14.5 Å². The van der Waals surface area contributed by atoms with Gasteiger partial charge in [0, 0.05) is 31.1 Å². The van der Waals surface area contributed by atoms with Crippen molar-refractivity contribution in [2.24, 2.45) is 5.92 Å². The van der Waals surface area contributed by atoms with Crippen molar-refractivity contribution in [2.45, 2.75) is 52.6 Å². The van der Waals surface area contributed by atoms with Crippen LogP contribution in [0.5, 0.6) is 0 Å². The lowest BCUT2D eigenvalue weighted by molar-refractivity contribution is -0.129. The van der Waals surface area contributed by atoms with E-state index >= 15 is 0 Å². The fraction of sp³-hybridized carbons (Fsp3) is 0.625. The standard InChI is InChI=1S/C16H25N3O2/c1-4-6-13-14(12(2)3)15(20)16(21)19(13)9-5-8-18-10-7-17-11-18/h7,10-13,20H,4-6,8-9H2,1-3H3. The second-order valence-electron chi connectivity index (χ2n) is 5.92. The van der Waals surface area contributed by atoms with Crippen molar-refractivity contribution in [3.05, 3.63) is 30.1 Å². The molecule has 0 saturated carbocycles. The van der Waals surface area contributed by atoms with E-state index in [1.54, 1.807) is 12.5 Å². The van der Waals surface area contributed by atoms with Gasteiger partial charge in [-0.15, -0.1) is 0 Å². The van der Waals surface area contributed by atoms with Gasteiger partial charge in [0.25, 0.3) is 5.91 Å². The summed E-state index contributed by atoms with van der Waals surface area (Å²) in [7, 11) is 0. The minimum absolute atomic E-state index is 0.0221. The first-order chi connectivity index (χ1) is 10.1. The Hall–Kier alpha value is -1.78. The van der Waals surface area contributed by atoms with E-state index in [0.717, 1.165) is 31.4 Å². The highest BCUT2D eigenvalue weighted by Crippen LogP contribution is 2.32. The highest BCUT2D eigenvalue weighted by atomic mass is 16.3. The maximum Gasteiger partial charge on any atom is 0.289 e. The van der Waals surface area contributed by atoms with Crippen LogP contribution in [0.4, 0.5) is 0 Å². The first kappa shape index (κ1) is 15.6. The van der Waals surface area contributed by atoms with E-state index in [1.165, 1.54) is 0 Å². The predicted molar refractivity (Wildman–Crippen MR) is 81.7 cm³/mol. The highest BCUT2D eigenvalue weighted by Gasteiger charge is 2.39. The third-order valence-corrected chi connectivity index (χ3v) is 4.03. The number of aliphatic hydroxyl groups is 1. The number of nitrogens with zero attached hydrogens (tertiary/aromatic N) is 3. The van der Waals surface area contributed by atoms with Gasteiger partial charge in [0.1, 0.15) is 0 Å². The molecule has 2 heterocycles. The van der Waals surface area contributed by atoms with Crippen molar-refractivity contribution in [1.29, 1.82) is 0 Å². The Balaban J connectivity index is 2.02. The van der Waals surface area contributed by atoms with Crippen LogP contribution in [0.15, 0.2) is 30.1 Å². The zero-order chi connectivity index (χ0) is 15.4. The van der Waals surface area contributed by atoms with Crippen molar-refractivity contribution in [3.63, 3.8) is 0 Å². The lowest BCUT2D eigenvalue weighted by atomic mass is 9.93. The Labute approximate surface area is 126 Å². The van der Waals surface area contributed by atoms with E-state index in [1.807, 2.05) is 29.5 Å². The summed E-state index contributed by atoms with van der Waals surface area (Å²) in [6.07, 6.45) is 8.23. The topological polar surface area (TPSA) is 58.4 Å². The number of carbonyl (C=O) groups excluding carboxylic acids is 1. The average molecular weight is 291 g/mol. The summed E-state index contributed by atoms with van der Waals surface area (Å²) in [4.78, 5) is 18.1. The average Bonchev–Trinajstić information content (AvgIpc) is 3.02. The molecule has 2 rings (SSSR count). The van der Waals surface area contributed by atoms with E-state index in [4.69, 9.17) is 0 Å². The van der Waals surface area contributed by atoms with Crippen LogP contribution in [-0.4, -0.2) is 38.1 Å². The zero-order valence-electron chi connectivity index (χ0n) is 13.1. The number of aromatic nitrogens is 2. The van der Waals surface area contributed by atoms with E-state index < -0.39 is 0 Å². The number of carbonyl (C=O) groups is 1. The van der Waals surface area contributed by atoms with E-state index in [0.29, 0.717) is 6.54 Å². The van der Waals surface area contributed by atoms with Gasteiger partial charge in [-0.3, -0.25) is 4.79 Å². The highest BCUT2D eigenvalue weighted by molar-refractivity contribution is 5.95. The van der Waals surface area contributed by atoms with Crippen LogP contribution in [-0.2, 0) is 11.3 Å². The fourth-order valence-corrected chi connectivity index (χ4v) is 3.07. The second kappa shape index (κ2) is 6.78. The first-order valence-corrected chi connectivity index (χ1v) is 7.76. The predicted octanol–water partition coefficient (Wildman–Crippen LogP) is 2.75. The van der Waals surface area contributed by atoms with E-state index in [2.05, 4.69) is 11.9 Å². The maximum absolute atomic E-state index is 12.3. The molecule has 1 aliphatic rings. The molecule has 5 nitrogen and oxygen atoms in total. The Morgan fingerprint density at radius 2 is 2.14 bits per heavy atom. The van der Waals surface area contributed by atoms with Gasteiger partial charge in [-0.05, 0) is 18.8 Å². The molecule has 1 N–H and O–H groups in total. The lowest BCUT2D eigenvalue weighted by Gasteiger charge is -2.27. The fourth-order valence-electron chi connectivity index (χ4n) is 3.07. The molecule has 1 amide bonds. The summed E-state index contributed by atoms with van der Waals surface area (Å²) in [5, 5.41) is 10.2. The normalized spacial score (nSPS) is 19.1. The Morgan fingerprint density at radius 3 is 2.71 bits per heavy atom. The molecule has 5 heteroatoms. The molecule has 0 fully saturated rings. The molecular weight excluding hydrogens is 266 g/mol. The molecule has 0 aliphatic carbocycles. The van der Waals surface area contributed by atoms with Gasteiger partial charge in [0.2, 0.25) is 0 Å². The van der Waals surface area contributed by atoms with Gasteiger partial charge < -0.3 is 14.6 Å². The molecule has 1 atom stereocenters. The maximum atomic E-state index is 12.3. The van der Waals surface area contributed by atoms with Crippen LogP contribution >= 0.6 is 0 Å². The summed E-state index contributed by atoms with van der Waals surface area (Å²) in [5.41, 5.74) is 0.907. The summed E-state index contributed by atoms with van der Waals surface area (Å²) in [5.74, 6) is -0.0296. The van der Waals surface area contributed by atoms with Crippen LogP contribution in [0, 0.1) is 5.92 Å². The van der Waals surface area contributed by atoms with Crippen molar-refractivity contribution >= 4 is 5.91 Å². The Kier molecular flexibility index (Phi) is 5.04. The number of hydrogen-bond acceptors (Lipinski definition) is 3. The van der Waals surface area contributed by atoms with Crippen molar-refractivity contribution in [2.75, 3.05) is 6.54 Å². The number of aliphatic hydroxyl groups excluding tert-OH is 1. The summed E-state index contributed by atoms with van der Waals surface area (Å²) in [6, 6.07) is 0.0605. The first-order valence-electron chi connectivity index (χ1n) is 7.76. The zero-order valence-corrected chi connectivity index (χ0v) is 13.1. The number of rotatable bonds is 7. The molecular formula is C16H25N3O2. The van der Waals surface area contributed by atoms with E-state index in [9.17, 15) is 9.90 Å². The third-order valence-electron chi connectivity index (χ3n) is 4.03. The van der Waals surface area contributed by atoms with E-state index in [-0.39, 0.29) is 23.6 Å². The molecule has 1 aromatic rings. The lowest BCUT2D eigenvalue weighted by Crippen LogP contribution is -2.37. The second-order valence-corrected chi connectivity index (χ2v) is 5.92. The number of amides is 1. The van der Waals surface area contributed by atoms with Gasteiger partial charge in [-0.2, -0.15) is 0 Å². The van der Waals surface area contributed by atoms with Crippen LogP contribution in [0.25, 0.3) is 0 Å². The molecule has 0 aromatic carbocycles. The monoisotopic (exact) mass is 291 g/mol. The molecule has 0 bridgehead atoms. The third kappa shape index (κ3) is 3.28. The van der Waals surface area contributed by atoms with Gasteiger partial charge in [0.15, 0.2) is 5.76 Å². The molecule has 1 unspecified atom stereocenters. The molecule has 0 spiro atoms. The van der Waals surface area contributed by atoms with Crippen LogP contribution in [0.2, 0.25) is 0 Å². The summed E-state index contributed by atoms with van der Waals surface area (Å²) < 4.78 is 2.01. The number of aryl methyl sites for hydroxylation is 1. The van der Waals surface area contributed by atoms with Crippen molar-refractivity contribution < 1.29 is 9.90 Å². The molecule has 0 saturated heterocycles. The van der Waals surface area contributed by atoms with Gasteiger partial charge in [0.05, 0.1) is 12.4 Å². The van der Waals surface area contributed by atoms with Crippen molar-refractivity contribution in [3.8, 4) is 0 Å². The van der Waals surface area contributed by atoms with Gasteiger partial charge >= 0.3 is 0 Å². The molecule has 116 valence electrons. The van der Waals surface area contributed by atoms with Gasteiger partial charge in [-0.1, -0.05) is 27.2 Å². The summed E-state index contributed by atoms with van der Waals surface area (Å²) in [6.45, 7) is 7.69. The molecule has 1 aromatic heterocycles. The molecule has 1 aliphatic heterocycles. The largest absolute Gasteiger partial charge is 0.503 e. The van der Waals surface area contributed by atoms with Crippen LogP contribution in [0.1, 0.15) is 40.0 Å². The molecule has 21 heavy (non-hydrogen) atoms. The Bertz CT molecular complexity index is 506. The minimum Gasteiger partial charge on any atom is -0.503 e. The van der Waals surface area contributed by atoms with Gasteiger partial charge in [-0.25, -0.2) is 4.98 Å². The number of imidazole rings is 1.